The number of benzene rings is 2. The number of hydrogen-bond acceptors (Lipinski definition) is 7. The van der Waals surface area contributed by atoms with Gasteiger partial charge in [0.25, 0.3) is 5.91 Å². The van der Waals surface area contributed by atoms with Gasteiger partial charge in [0.2, 0.25) is 5.91 Å². The molecule has 2 aromatic carbocycles. The number of imidazole rings is 1. The van der Waals surface area contributed by atoms with E-state index in [1.54, 1.807) is 30.3 Å². The smallest absolute Gasteiger partial charge is 0.408 e. The molecular weight excluding hydrogens is 530 g/mol. The number of carbonyl (C=O) groups excluding carboxylic acids is 3. The molecule has 4 rings (SSSR count). The number of halogens is 1. The highest BCUT2D eigenvalue weighted by Crippen LogP contribution is 2.11. The van der Waals surface area contributed by atoms with Gasteiger partial charge in [0, 0.05) is 18.2 Å². The maximum Gasteiger partial charge on any atom is 0.408 e. The summed E-state index contributed by atoms with van der Waals surface area (Å²) in [5.74, 6) is -0.704. The lowest BCUT2D eigenvalue weighted by Gasteiger charge is -2.18. The Morgan fingerprint density at radius 3 is 2.53 bits per heavy atom. The zero-order valence-electron chi connectivity index (χ0n) is 19.1. The summed E-state index contributed by atoms with van der Waals surface area (Å²) in [6.45, 7) is 0.237. The lowest BCUT2D eigenvalue weighted by atomic mass is 10.1. The second kappa shape index (κ2) is 12.1. The van der Waals surface area contributed by atoms with Crippen LogP contribution in [-0.2, 0) is 27.4 Å². The molecule has 0 saturated heterocycles. The van der Waals surface area contributed by atoms with Crippen molar-refractivity contribution in [1.82, 2.24) is 25.7 Å². The third kappa shape index (κ3) is 7.03. The van der Waals surface area contributed by atoms with Crippen molar-refractivity contribution in [3.8, 4) is 0 Å². The highest BCUT2D eigenvalue weighted by molar-refractivity contribution is 9.11. The molecule has 2 amide bonds. The third-order valence-electron chi connectivity index (χ3n) is 5.24. The van der Waals surface area contributed by atoms with Gasteiger partial charge in [0.1, 0.15) is 29.7 Å². The first kappa shape index (κ1) is 25.1. The highest BCUT2D eigenvalue weighted by atomic mass is 79.9. The van der Waals surface area contributed by atoms with Gasteiger partial charge in [0.15, 0.2) is 0 Å². The lowest BCUT2D eigenvalue weighted by molar-refractivity contribution is -0.123. The van der Waals surface area contributed by atoms with E-state index in [-0.39, 0.29) is 31.6 Å². The van der Waals surface area contributed by atoms with E-state index in [1.165, 1.54) is 17.1 Å². The molecule has 10 nitrogen and oxygen atoms in total. The van der Waals surface area contributed by atoms with Crippen LogP contribution < -0.4 is 16.1 Å². The maximum absolute atomic E-state index is 13.0. The van der Waals surface area contributed by atoms with E-state index in [4.69, 9.17) is 9.57 Å². The maximum atomic E-state index is 13.0. The lowest BCUT2D eigenvalue weighted by Crippen LogP contribution is -2.49. The van der Waals surface area contributed by atoms with Crippen LogP contribution in [0, 0.1) is 0 Å². The van der Waals surface area contributed by atoms with Gasteiger partial charge in [-0.2, -0.15) is 0 Å². The molecule has 36 heavy (non-hydrogen) atoms. The first-order valence-electron chi connectivity index (χ1n) is 11.1. The molecule has 11 heteroatoms. The van der Waals surface area contributed by atoms with E-state index in [0.717, 1.165) is 5.56 Å². The monoisotopic (exact) mass is 553 g/mol. The molecule has 2 atom stereocenters. The molecule has 186 valence electrons. The Balaban J connectivity index is 1.41. The summed E-state index contributed by atoms with van der Waals surface area (Å²) >= 11 is 3.26. The van der Waals surface area contributed by atoms with Crippen molar-refractivity contribution in [3.63, 3.8) is 0 Å². The number of carbonyl (C=O) groups is 3. The van der Waals surface area contributed by atoms with Crippen LogP contribution in [0.4, 0.5) is 4.79 Å². The SMILES string of the molecule is O=C(N[C@@H](Cc1cn(C(=O)c2ccccc2)cn1)C(=O)NCC1C=C(Br)NO1)OCc1ccccc1. The number of nitrogens with one attached hydrogen (secondary N) is 3. The summed E-state index contributed by atoms with van der Waals surface area (Å²) in [5.41, 5.74) is 4.41. The van der Waals surface area contributed by atoms with Crippen molar-refractivity contribution in [2.24, 2.45) is 0 Å². The van der Waals surface area contributed by atoms with Gasteiger partial charge in [-0.25, -0.2) is 9.78 Å². The van der Waals surface area contributed by atoms with Crippen molar-refractivity contribution in [1.29, 1.82) is 0 Å². The van der Waals surface area contributed by atoms with E-state index < -0.39 is 18.0 Å². The molecule has 0 fully saturated rings. The number of alkyl carbamates (subject to hydrolysis) is 1. The Bertz CT molecular complexity index is 1230. The van der Waals surface area contributed by atoms with Gasteiger partial charge >= 0.3 is 6.09 Å². The number of rotatable bonds is 9. The van der Waals surface area contributed by atoms with Crippen molar-refractivity contribution >= 4 is 33.8 Å². The van der Waals surface area contributed by atoms with Crippen molar-refractivity contribution in [2.75, 3.05) is 6.54 Å². The molecule has 1 aliphatic heterocycles. The minimum Gasteiger partial charge on any atom is -0.445 e. The molecule has 2 heterocycles. The Morgan fingerprint density at radius 1 is 1.11 bits per heavy atom. The van der Waals surface area contributed by atoms with Crippen molar-refractivity contribution in [2.45, 2.75) is 25.2 Å². The molecule has 0 radical (unpaired) electrons. The largest absolute Gasteiger partial charge is 0.445 e. The molecular formula is C25H24BrN5O5. The van der Waals surface area contributed by atoms with Gasteiger partial charge in [0.05, 0.1) is 12.2 Å². The number of amides is 2. The van der Waals surface area contributed by atoms with Gasteiger partial charge in [-0.3, -0.25) is 24.5 Å². The minimum absolute atomic E-state index is 0.0463. The normalized spacial score (nSPS) is 15.4. The molecule has 1 aromatic heterocycles. The van der Waals surface area contributed by atoms with Crippen LogP contribution >= 0.6 is 15.9 Å². The van der Waals surface area contributed by atoms with Crippen molar-refractivity contribution < 1.29 is 24.0 Å². The topological polar surface area (TPSA) is 124 Å². The molecule has 0 aliphatic carbocycles. The zero-order chi connectivity index (χ0) is 25.3. The second-order valence-electron chi connectivity index (χ2n) is 7.92. The summed E-state index contributed by atoms with van der Waals surface area (Å²) < 4.78 is 7.28. The van der Waals surface area contributed by atoms with E-state index in [0.29, 0.717) is 15.9 Å². The standard InChI is InChI=1S/C25H24BrN5O5/c26-22-12-20(36-30-22)13-27-23(32)21(29-25(34)35-15-17-7-3-1-4-8-17)11-19-14-31(16-28-19)24(33)18-9-5-2-6-10-18/h1-10,12,14,16,20-21,30H,11,13,15H2,(H,27,32)(H,29,34)/t20?,21-/m0/s1. The van der Waals surface area contributed by atoms with Crippen molar-refractivity contribution in [3.05, 3.63) is 101 Å². The molecule has 0 bridgehead atoms. The first-order valence-corrected chi connectivity index (χ1v) is 11.9. The molecule has 0 spiro atoms. The number of nitrogens with zero attached hydrogens (tertiary/aromatic N) is 2. The van der Waals surface area contributed by atoms with E-state index >= 15 is 0 Å². The van der Waals surface area contributed by atoms with E-state index in [9.17, 15) is 14.4 Å². The third-order valence-corrected chi connectivity index (χ3v) is 5.67. The van der Waals surface area contributed by atoms with Crippen LogP contribution in [0.3, 0.4) is 0 Å². The van der Waals surface area contributed by atoms with E-state index in [1.807, 2.05) is 36.4 Å². The van der Waals surface area contributed by atoms with E-state index in [2.05, 4.69) is 37.0 Å². The summed E-state index contributed by atoms with van der Waals surface area (Å²) in [7, 11) is 0. The number of aromatic nitrogens is 2. The Labute approximate surface area is 215 Å². The van der Waals surface area contributed by atoms with Crippen LogP contribution in [0.2, 0.25) is 0 Å². The van der Waals surface area contributed by atoms with Crippen LogP contribution in [0.1, 0.15) is 21.6 Å². The predicted octanol–water partition coefficient (Wildman–Crippen LogP) is 2.67. The highest BCUT2D eigenvalue weighted by Gasteiger charge is 2.25. The number of hydrogen-bond donors (Lipinski definition) is 3. The summed E-state index contributed by atoms with van der Waals surface area (Å²) in [6, 6.07) is 17.0. The number of hydroxylamine groups is 1. The number of ether oxygens (including phenoxy) is 1. The Kier molecular flexibility index (Phi) is 8.48. The molecule has 3 N–H and O–H groups in total. The fourth-order valence-corrected chi connectivity index (χ4v) is 3.81. The second-order valence-corrected chi connectivity index (χ2v) is 8.78. The molecule has 3 aromatic rings. The van der Waals surface area contributed by atoms with Crippen LogP contribution in [0.5, 0.6) is 0 Å². The van der Waals surface area contributed by atoms with Gasteiger partial charge in [-0.1, -0.05) is 48.5 Å². The van der Waals surface area contributed by atoms with Crippen LogP contribution in [-0.4, -0.2) is 46.1 Å². The molecule has 1 unspecified atom stereocenters. The fraction of sp³-hybridized carbons (Fsp3) is 0.200. The average molecular weight is 554 g/mol. The summed E-state index contributed by atoms with van der Waals surface area (Å²) in [4.78, 5) is 47.7. The molecule has 1 aliphatic rings. The van der Waals surface area contributed by atoms with Gasteiger partial charge < -0.3 is 15.4 Å². The van der Waals surface area contributed by atoms with Gasteiger partial charge in [-0.15, -0.1) is 0 Å². The Hall–Kier alpha value is -3.96. The average Bonchev–Trinajstić information content (AvgIpc) is 3.55. The zero-order valence-corrected chi connectivity index (χ0v) is 20.7. The van der Waals surface area contributed by atoms with Gasteiger partial charge in [-0.05, 0) is 39.7 Å². The van der Waals surface area contributed by atoms with Crippen LogP contribution in [0.25, 0.3) is 0 Å². The summed E-state index contributed by atoms with van der Waals surface area (Å²) in [5, 5.41) is 5.36. The molecule has 0 saturated carbocycles. The fourth-order valence-electron chi connectivity index (χ4n) is 3.42. The first-order chi connectivity index (χ1) is 17.5. The predicted molar refractivity (Wildman–Crippen MR) is 134 cm³/mol. The minimum atomic E-state index is -0.995. The van der Waals surface area contributed by atoms with Crippen LogP contribution in [0.15, 0.2) is 83.9 Å². The quantitative estimate of drug-likeness (QED) is 0.348. The Morgan fingerprint density at radius 2 is 1.83 bits per heavy atom. The summed E-state index contributed by atoms with van der Waals surface area (Å²) in [6.07, 6.45) is 3.60.